The molecule has 0 saturated heterocycles. The molecule has 0 saturated carbocycles. The van der Waals surface area contributed by atoms with Crippen molar-refractivity contribution in [2.45, 2.75) is 71.1 Å². The van der Waals surface area contributed by atoms with Crippen LogP contribution in [0.4, 0.5) is 11.4 Å². The van der Waals surface area contributed by atoms with Crippen LogP contribution in [-0.4, -0.2) is 24.1 Å². The van der Waals surface area contributed by atoms with Crippen molar-refractivity contribution in [3.8, 4) is 0 Å². The van der Waals surface area contributed by atoms with Crippen LogP contribution >= 0.6 is 0 Å². The van der Waals surface area contributed by atoms with Gasteiger partial charge in [0.15, 0.2) is 0 Å². The van der Waals surface area contributed by atoms with E-state index in [1.807, 2.05) is 25.1 Å². The van der Waals surface area contributed by atoms with Gasteiger partial charge in [-0.1, -0.05) is 63.1 Å². The molecular formula is C23H35N3O2. The van der Waals surface area contributed by atoms with Gasteiger partial charge in [0.25, 0.3) is 0 Å². The minimum Gasteiger partial charge on any atom is -0.466 e. The summed E-state index contributed by atoms with van der Waals surface area (Å²) in [6.45, 7) is 3.28. The molecule has 0 atom stereocenters. The molecular weight excluding hydrogens is 350 g/mol. The van der Waals surface area contributed by atoms with Gasteiger partial charge in [0.05, 0.1) is 29.7 Å². The van der Waals surface area contributed by atoms with Gasteiger partial charge in [0, 0.05) is 18.4 Å². The highest BCUT2D eigenvalue weighted by Crippen LogP contribution is 2.27. The largest absolute Gasteiger partial charge is 0.466 e. The third-order valence-corrected chi connectivity index (χ3v) is 4.97. The number of esters is 1. The molecule has 2 rings (SSSR count). The zero-order chi connectivity index (χ0) is 20.0. The number of nitrogens with one attached hydrogen (secondary N) is 1. The molecule has 1 aromatic carbocycles. The first-order valence-corrected chi connectivity index (χ1v) is 10.7. The number of nitrogens with two attached hydrogens (primary N) is 1. The summed E-state index contributed by atoms with van der Waals surface area (Å²) in [5, 5.41) is 4.58. The average molecular weight is 386 g/mol. The van der Waals surface area contributed by atoms with Crippen LogP contribution in [0.5, 0.6) is 0 Å². The summed E-state index contributed by atoms with van der Waals surface area (Å²) < 4.78 is 4.94. The van der Waals surface area contributed by atoms with Crippen LogP contribution in [0.1, 0.15) is 71.1 Å². The van der Waals surface area contributed by atoms with Crippen LogP contribution < -0.4 is 11.1 Å². The SMILES string of the molecule is CCOC(=O)CCCCCCCCCCCNc1c(N)cnc2ccccc12. The lowest BCUT2D eigenvalue weighted by Gasteiger charge is -2.12. The number of para-hydroxylation sites is 1. The van der Waals surface area contributed by atoms with Crippen molar-refractivity contribution in [3.05, 3.63) is 30.5 Å². The standard InChI is InChI=1S/C23H35N3O2/c1-2-28-22(27)16-10-8-6-4-3-5-7-9-13-17-25-23-19-14-11-12-15-21(19)26-18-20(23)24/h11-12,14-15,18H,2-10,13,16-17,24H2,1H3,(H,25,26). The molecule has 0 aliphatic heterocycles. The molecule has 0 amide bonds. The van der Waals surface area contributed by atoms with Crippen molar-refractivity contribution in [2.24, 2.45) is 0 Å². The van der Waals surface area contributed by atoms with E-state index in [0.717, 1.165) is 42.4 Å². The van der Waals surface area contributed by atoms with Crippen LogP contribution in [0.2, 0.25) is 0 Å². The van der Waals surface area contributed by atoms with E-state index in [1.165, 1.54) is 38.5 Å². The van der Waals surface area contributed by atoms with Crippen LogP contribution in [0.25, 0.3) is 10.9 Å². The normalized spacial score (nSPS) is 10.9. The van der Waals surface area contributed by atoms with E-state index in [4.69, 9.17) is 10.5 Å². The van der Waals surface area contributed by atoms with Crippen molar-refractivity contribution in [2.75, 3.05) is 24.2 Å². The number of rotatable bonds is 14. The van der Waals surface area contributed by atoms with E-state index in [1.54, 1.807) is 6.20 Å². The molecule has 0 bridgehead atoms. The van der Waals surface area contributed by atoms with E-state index in [2.05, 4.69) is 16.4 Å². The number of aromatic nitrogens is 1. The lowest BCUT2D eigenvalue weighted by Crippen LogP contribution is -2.05. The quantitative estimate of drug-likeness (QED) is 0.322. The number of fused-ring (bicyclic) bond motifs is 1. The van der Waals surface area contributed by atoms with Crippen molar-refractivity contribution in [1.82, 2.24) is 4.98 Å². The molecule has 154 valence electrons. The number of hydrogen-bond acceptors (Lipinski definition) is 5. The number of benzene rings is 1. The Bertz CT molecular complexity index is 718. The van der Waals surface area contributed by atoms with Gasteiger partial charge in [-0.25, -0.2) is 0 Å². The van der Waals surface area contributed by atoms with E-state index in [9.17, 15) is 4.79 Å². The molecule has 0 aliphatic rings. The molecule has 0 spiro atoms. The van der Waals surface area contributed by atoms with Crippen molar-refractivity contribution in [3.63, 3.8) is 0 Å². The summed E-state index contributed by atoms with van der Waals surface area (Å²) in [6.07, 6.45) is 13.1. The molecule has 1 aromatic heterocycles. The highest BCUT2D eigenvalue weighted by Gasteiger charge is 2.05. The number of anilines is 2. The number of unbranched alkanes of at least 4 members (excludes halogenated alkanes) is 8. The molecule has 0 radical (unpaired) electrons. The predicted octanol–water partition coefficient (Wildman–Crippen LogP) is 5.69. The van der Waals surface area contributed by atoms with Crippen LogP contribution in [0.3, 0.4) is 0 Å². The van der Waals surface area contributed by atoms with E-state index in [0.29, 0.717) is 18.7 Å². The summed E-state index contributed by atoms with van der Waals surface area (Å²) in [7, 11) is 0. The smallest absolute Gasteiger partial charge is 0.305 e. The first kappa shape index (κ1) is 22.0. The number of nitrogens with zero attached hydrogens (tertiary/aromatic N) is 1. The first-order chi connectivity index (χ1) is 13.7. The lowest BCUT2D eigenvalue weighted by atomic mass is 10.1. The Kier molecular flexibility index (Phi) is 10.2. The summed E-state index contributed by atoms with van der Waals surface area (Å²) >= 11 is 0. The Labute approximate surface area is 169 Å². The fourth-order valence-electron chi connectivity index (χ4n) is 3.43. The van der Waals surface area contributed by atoms with Gasteiger partial charge in [0.2, 0.25) is 0 Å². The van der Waals surface area contributed by atoms with Gasteiger partial charge in [-0.2, -0.15) is 0 Å². The van der Waals surface area contributed by atoms with Crippen molar-refractivity contribution < 1.29 is 9.53 Å². The van der Waals surface area contributed by atoms with Gasteiger partial charge in [-0.15, -0.1) is 0 Å². The molecule has 1 heterocycles. The molecule has 0 aliphatic carbocycles. The molecule has 5 nitrogen and oxygen atoms in total. The monoisotopic (exact) mass is 385 g/mol. The van der Waals surface area contributed by atoms with Gasteiger partial charge < -0.3 is 15.8 Å². The summed E-state index contributed by atoms with van der Waals surface area (Å²) in [6, 6.07) is 8.09. The zero-order valence-electron chi connectivity index (χ0n) is 17.2. The highest BCUT2D eigenvalue weighted by molar-refractivity contribution is 5.96. The van der Waals surface area contributed by atoms with Crippen molar-refractivity contribution in [1.29, 1.82) is 0 Å². The number of nitrogen functional groups attached to an aromatic ring is 1. The molecule has 5 heteroatoms. The number of pyridine rings is 1. The third kappa shape index (κ3) is 7.75. The summed E-state index contributed by atoms with van der Waals surface area (Å²) in [5.74, 6) is -0.0578. The number of hydrogen-bond donors (Lipinski definition) is 2. The number of carbonyl (C=O) groups is 1. The summed E-state index contributed by atoms with van der Waals surface area (Å²) in [4.78, 5) is 15.6. The van der Waals surface area contributed by atoms with Gasteiger partial charge in [-0.05, 0) is 25.8 Å². The summed E-state index contributed by atoms with van der Waals surface area (Å²) in [5.41, 5.74) is 8.79. The Morgan fingerprint density at radius 1 is 1.00 bits per heavy atom. The maximum absolute atomic E-state index is 11.2. The zero-order valence-corrected chi connectivity index (χ0v) is 17.2. The lowest BCUT2D eigenvalue weighted by molar-refractivity contribution is -0.143. The maximum Gasteiger partial charge on any atom is 0.305 e. The predicted molar refractivity (Wildman–Crippen MR) is 117 cm³/mol. The highest BCUT2D eigenvalue weighted by atomic mass is 16.5. The first-order valence-electron chi connectivity index (χ1n) is 10.7. The van der Waals surface area contributed by atoms with Gasteiger partial charge in [0.1, 0.15) is 0 Å². The second-order valence-electron chi connectivity index (χ2n) is 7.27. The Morgan fingerprint density at radius 2 is 1.64 bits per heavy atom. The molecule has 3 N–H and O–H groups in total. The molecule has 0 fully saturated rings. The average Bonchev–Trinajstić information content (AvgIpc) is 2.70. The Balaban J connectivity index is 1.49. The van der Waals surface area contributed by atoms with E-state index in [-0.39, 0.29) is 5.97 Å². The minimum absolute atomic E-state index is 0.0578. The van der Waals surface area contributed by atoms with Crippen LogP contribution in [-0.2, 0) is 9.53 Å². The topological polar surface area (TPSA) is 77.2 Å². The number of ether oxygens (including phenoxy) is 1. The maximum atomic E-state index is 11.2. The molecule has 0 unspecified atom stereocenters. The Morgan fingerprint density at radius 3 is 2.36 bits per heavy atom. The fourth-order valence-corrected chi connectivity index (χ4v) is 3.43. The van der Waals surface area contributed by atoms with Crippen LogP contribution in [0.15, 0.2) is 30.5 Å². The Hall–Kier alpha value is -2.30. The second-order valence-corrected chi connectivity index (χ2v) is 7.27. The van der Waals surface area contributed by atoms with Gasteiger partial charge >= 0.3 is 5.97 Å². The minimum atomic E-state index is -0.0578. The van der Waals surface area contributed by atoms with Crippen molar-refractivity contribution >= 4 is 28.2 Å². The molecule has 28 heavy (non-hydrogen) atoms. The number of carbonyl (C=O) groups excluding carboxylic acids is 1. The van der Waals surface area contributed by atoms with Crippen LogP contribution in [0, 0.1) is 0 Å². The second kappa shape index (κ2) is 13.0. The third-order valence-electron chi connectivity index (χ3n) is 4.97. The molecule has 2 aromatic rings. The van der Waals surface area contributed by atoms with E-state index < -0.39 is 0 Å². The van der Waals surface area contributed by atoms with E-state index >= 15 is 0 Å². The van der Waals surface area contributed by atoms with Gasteiger partial charge in [-0.3, -0.25) is 9.78 Å². The fraction of sp³-hybridized carbons (Fsp3) is 0.565.